The lowest BCUT2D eigenvalue weighted by Gasteiger charge is -2.41. The van der Waals surface area contributed by atoms with E-state index in [0.29, 0.717) is 43.3 Å². The third-order valence-corrected chi connectivity index (χ3v) is 8.09. The van der Waals surface area contributed by atoms with E-state index < -0.39 is 5.82 Å². The summed E-state index contributed by atoms with van der Waals surface area (Å²) in [5.41, 5.74) is 1.84. The van der Waals surface area contributed by atoms with E-state index >= 15 is 0 Å². The average Bonchev–Trinajstić information content (AvgIpc) is 3.41. The van der Waals surface area contributed by atoms with Gasteiger partial charge in [-0.05, 0) is 37.1 Å². The van der Waals surface area contributed by atoms with Crippen molar-refractivity contribution in [1.29, 1.82) is 0 Å². The van der Waals surface area contributed by atoms with Crippen LogP contribution in [0, 0.1) is 5.82 Å². The Labute approximate surface area is 241 Å². The Morgan fingerprint density at radius 3 is 2.70 bits per heavy atom. The number of benzene rings is 1. The van der Waals surface area contributed by atoms with Gasteiger partial charge in [-0.25, -0.2) is 19.3 Å². The van der Waals surface area contributed by atoms with Crippen LogP contribution in [0.5, 0.6) is 5.75 Å². The molecular formula is C28H30ClFN6O3S. The predicted molar refractivity (Wildman–Crippen MR) is 156 cm³/mol. The second-order valence-electron chi connectivity index (χ2n) is 9.57. The lowest BCUT2D eigenvalue weighted by Crippen LogP contribution is -2.55. The zero-order chi connectivity index (χ0) is 29.1. The highest BCUT2D eigenvalue weighted by Crippen LogP contribution is 2.41. The van der Waals surface area contributed by atoms with Gasteiger partial charge in [-0.1, -0.05) is 38.1 Å². The number of piperazine rings is 1. The first-order valence-corrected chi connectivity index (χ1v) is 13.9. The lowest BCUT2D eigenvalue weighted by molar-refractivity contribution is -0.128. The third-order valence-electron chi connectivity index (χ3n) is 6.68. The molecule has 2 amide bonds. The first-order chi connectivity index (χ1) is 19.1. The van der Waals surface area contributed by atoms with E-state index in [1.165, 1.54) is 40.5 Å². The normalized spacial score (nSPS) is 15.9. The van der Waals surface area contributed by atoms with Crippen molar-refractivity contribution in [3.05, 3.63) is 63.7 Å². The molecule has 40 heavy (non-hydrogen) atoms. The number of halogens is 2. The summed E-state index contributed by atoms with van der Waals surface area (Å²) < 4.78 is 14.9. The van der Waals surface area contributed by atoms with Gasteiger partial charge in [0.2, 0.25) is 12.3 Å². The fourth-order valence-corrected chi connectivity index (χ4v) is 5.82. The number of phenolic OH excluding ortho intramolecular Hbond substituents is 1. The number of hydrogen-bond donors (Lipinski definition) is 1. The van der Waals surface area contributed by atoms with Crippen LogP contribution in [0.2, 0.25) is 5.02 Å². The Balaban J connectivity index is 1.92. The molecule has 1 aromatic carbocycles. The maximum Gasteiger partial charge on any atom is 0.246 e. The molecular weight excluding hydrogens is 555 g/mol. The van der Waals surface area contributed by atoms with Crippen molar-refractivity contribution < 1.29 is 19.1 Å². The summed E-state index contributed by atoms with van der Waals surface area (Å²) >= 11 is 8.10. The molecule has 0 radical (unpaired) electrons. The summed E-state index contributed by atoms with van der Waals surface area (Å²) in [5.74, 6) is -0.156. The van der Waals surface area contributed by atoms with Crippen LogP contribution in [0.4, 0.5) is 16.0 Å². The van der Waals surface area contributed by atoms with Crippen LogP contribution in [0.25, 0.3) is 11.3 Å². The summed E-state index contributed by atoms with van der Waals surface area (Å²) in [6.07, 6.45) is 1.89. The zero-order valence-corrected chi connectivity index (χ0v) is 24.2. The second-order valence-corrected chi connectivity index (χ2v) is 10.9. The SMILES string of the molecule is C=CC(=O)N1CCN(C(=NC)c2cc(Cl)c(-c3c(O)cccc3F)nc2N(C=O)c2ncsc2C(C)C)C(C)C1. The number of carbonyl (C=O) groups excluding carboxylic acids is 2. The number of pyridine rings is 1. The van der Waals surface area contributed by atoms with Gasteiger partial charge in [-0.3, -0.25) is 14.6 Å². The van der Waals surface area contributed by atoms with E-state index in [1.54, 1.807) is 23.5 Å². The molecule has 1 saturated heterocycles. The van der Waals surface area contributed by atoms with Crippen molar-refractivity contribution >= 4 is 52.7 Å². The highest BCUT2D eigenvalue weighted by molar-refractivity contribution is 7.10. The van der Waals surface area contributed by atoms with E-state index in [4.69, 9.17) is 11.6 Å². The van der Waals surface area contributed by atoms with Gasteiger partial charge >= 0.3 is 0 Å². The molecule has 9 nitrogen and oxygen atoms in total. The number of amides is 2. The average molecular weight is 585 g/mol. The molecule has 3 aromatic rings. The van der Waals surface area contributed by atoms with E-state index in [0.717, 1.165) is 4.88 Å². The van der Waals surface area contributed by atoms with Crippen molar-refractivity contribution in [2.45, 2.75) is 32.7 Å². The summed E-state index contributed by atoms with van der Waals surface area (Å²) in [5, 5.41) is 10.6. The smallest absolute Gasteiger partial charge is 0.246 e. The Morgan fingerprint density at radius 1 is 1.35 bits per heavy atom. The standard InChI is InChI=1S/C28H30ClFN6O3S/c1-6-22(39)34-10-11-35(17(4)13-34)26(31-5)18-12-19(29)24(23-20(30)8-7-9-21(23)38)33-27(18)36(15-37)28-25(16(2)3)40-14-32-28/h6-9,12,14-17,38H,1,10-11,13H2,2-5H3. The summed E-state index contributed by atoms with van der Waals surface area (Å²) in [6.45, 7) is 10.8. The topological polar surface area (TPSA) is 102 Å². The Morgan fingerprint density at radius 2 is 2.10 bits per heavy atom. The Kier molecular flexibility index (Phi) is 8.85. The van der Waals surface area contributed by atoms with Crippen molar-refractivity contribution in [2.75, 3.05) is 31.6 Å². The lowest BCUT2D eigenvalue weighted by atomic mass is 10.1. The number of rotatable bonds is 7. The Bertz CT molecular complexity index is 1460. The minimum Gasteiger partial charge on any atom is -0.507 e. The van der Waals surface area contributed by atoms with Crippen molar-refractivity contribution in [3.8, 4) is 17.0 Å². The summed E-state index contributed by atoms with van der Waals surface area (Å²) in [7, 11) is 1.62. The minimum atomic E-state index is -0.719. The molecule has 0 bridgehead atoms. The third kappa shape index (κ3) is 5.44. The Hall–Kier alpha value is -3.83. The van der Waals surface area contributed by atoms with Crippen molar-refractivity contribution in [2.24, 2.45) is 4.99 Å². The first kappa shape index (κ1) is 29.2. The molecule has 1 aliphatic rings. The number of carbonyl (C=O) groups is 2. The number of anilines is 2. The molecule has 1 N–H and O–H groups in total. The van der Waals surface area contributed by atoms with Gasteiger partial charge in [-0.2, -0.15) is 0 Å². The molecule has 0 aliphatic carbocycles. The van der Waals surface area contributed by atoms with Gasteiger partial charge in [0.1, 0.15) is 17.4 Å². The largest absolute Gasteiger partial charge is 0.507 e. The number of hydrogen-bond acceptors (Lipinski definition) is 7. The van der Waals surface area contributed by atoms with Gasteiger partial charge < -0.3 is 14.9 Å². The molecule has 4 rings (SSSR count). The quantitative estimate of drug-likeness (QED) is 0.177. The monoisotopic (exact) mass is 584 g/mol. The van der Waals surface area contributed by atoms with Gasteiger partial charge in [0, 0.05) is 32.7 Å². The highest BCUT2D eigenvalue weighted by Gasteiger charge is 2.33. The maximum absolute atomic E-state index is 14.9. The van der Waals surface area contributed by atoms with Crippen LogP contribution in [0.3, 0.4) is 0 Å². The number of nitrogens with zero attached hydrogens (tertiary/aromatic N) is 6. The highest BCUT2D eigenvalue weighted by atomic mass is 35.5. The number of aliphatic imine (C=N–C) groups is 1. The van der Waals surface area contributed by atoms with Crippen LogP contribution in [0.15, 0.2) is 47.4 Å². The molecule has 1 atom stereocenters. The van der Waals surface area contributed by atoms with Gasteiger partial charge in [0.05, 0.1) is 32.2 Å². The first-order valence-electron chi connectivity index (χ1n) is 12.6. The molecule has 3 heterocycles. The van der Waals surface area contributed by atoms with E-state index in [9.17, 15) is 19.1 Å². The van der Waals surface area contributed by atoms with E-state index in [1.807, 2.05) is 25.7 Å². The summed E-state index contributed by atoms with van der Waals surface area (Å²) in [4.78, 5) is 44.5. The van der Waals surface area contributed by atoms with Crippen molar-refractivity contribution in [3.63, 3.8) is 0 Å². The fraction of sp³-hybridized carbons (Fsp3) is 0.321. The molecule has 0 spiro atoms. The zero-order valence-electron chi connectivity index (χ0n) is 22.6. The van der Waals surface area contributed by atoms with Crippen LogP contribution in [-0.2, 0) is 9.59 Å². The second kappa shape index (κ2) is 12.1. The molecule has 1 fully saturated rings. The number of phenols is 1. The molecule has 2 aromatic heterocycles. The number of aromatic nitrogens is 2. The minimum absolute atomic E-state index is 0.0332. The van der Waals surface area contributed by atoms with Crippen LogP contribution < -0.4 is 4.90 Å². The van der Waals surface area contributed by atoms with Crippen LogP contribution in [-0.4, -0.2) is 75.8 Å². The molecule has 210 valence electrons. The van der Waals surface area contributed by atoms with Crippen molar-refractivity contribution in [1.82, 2.24) is 19.8 Å². The fourth-order valence-electron chi connectivity index (χ4n) is 4.78. The van der Waals surface area contributed by atoms with Gasteiger partial charge in [0.15, 0.2) is 11.6 Å². The number of amidine groups is 1. The number of aromatic hydroxyl groups is 1. The summed E-state index contributed by atoms with van der Waals surface area (Å²) in [6, 6.07) is 5.33. The van der Waals surface area contributed by atoms with E-state index in [2.05, 4.69) is 21.5 Å². The predicted octanol–water partition coefficient (Wildman–Crippen LogP) is 5.22. The van der Waals surface area contributed by atoms with E-state index in [-0.39, 0.29) is 45.7 Å². The van der Waals surface area contributed by atoms with Crippen LogP contribution in [0.1, 0.15) is 37.1 Å². The molecule has 12 heteroatoms. The molecule has 0 saturated carbocycles. The maximum atomic E-state index is 14.9. The van der Waals surface area contributed by atoms with Crippen LogP contribution >= 0.6 is 22.9 Å². The van der Waals surface area contributed by atoms with Gasteiger partial charge in [-0.15, -0.1) is 11.3 Å². The number of thiazole rings is 1. The molecule has 1 aliphatic heterocycles. The molecule has 1 unspecified atom stereocenters. The van der Waals surface area contributed by atoms with Gasteiger partial charge in [0.25, 0.3) is 0 Å².